The summed E-state index contributed by atoms with van der Waals surface area (Å²) in [4.78, 5) is 11.4. The van der Waals surface area contributed by atoms with Gasteiger partial charge in [-0.15, -0.1) is 0 Å². The summed E-state index contributed by atoms with van der Waals surface area (Å²) in [5.74, 6) is 0. The predicted molar refractivity (Wildman–Crippen MR) is 51.0 cm³/mol. The van der Waals surface area contributed by atoms with Gasteiger partial charge in [-0.25, -0.2) is 0 Å². The summed E-state index contributed by atoms with van der Waals surface area (Å²) in [5, 5.41) is 11.3. The standard InChI is InChI=1S/C10H7O2S/c11-5-7-6-13-9-4-2-1-3-8(9)10(7)12/h1-4,6,10,12H. The molecule has 1 unspecified atom stereocenters. The van der Waals surface area contributed by atoms with Gasteiger partial charge in [0.1, 0.15) is 6.10 Å². The molecule has 1 N–H and O–H groups in total. The Morgan fingerprint density at radius 2 is 2.15 bits per heavy atom. The van der Waals surface area contributed by atoms with E-state index < -0.39 is 6.10 Å². The molecule has 0 bridgehead atoms. The van der Waals surface area contributed by atoms with Gasteiger partial charge in [0.15, 0.2) is 0 Å². The zero-order valence-electron chi connectivity index (χ0n) is 6.73. The monoisotopic (exact) mass is 191 g/mol. The van der Waals surface area contributed by atoms with Crippen LogP contribution in [-0.2, 0) is 4.79 Å². The third-order valence-corrected chi connectivity index (χ3v) is 2.94. The minimum absolute atomic E-state index is 0.309. The molecular weight excluding hydrogens is 184 g/mol. The molecule has 0 aliphatic carbocycles. The summed E-state index contributed by atoms with van der Waals surface area (Å²) >= 11 is 1.44. The van der Waals surface area contributed by atoms with E-state index in [0.29, 0.717) is 5.57 Å². The second-order valence-corrected chi connectivity index (χ2v) is 3.64. The molecule has 1 radical (unpaired) electrons. The molecule has 1 aliphatic heterocycles. The van der Waals surface area contributed by atoms with E-state index in [4.69, 9.17) is 0 Å². The van der Waals surface area contributed by atoms with Gasteiger partial charge in [0.2, 0.25) is 6.29 Å². The average molecular weight is 191 g/mol. The van der Waals surface area contributed by atoms with Gasteiger partial charge in [0.05, 0.1) is 0 Å². The third-order valence-electron chi connectivity index (χ3n) is 1.94. The van der Waals surface area contributed by atoms with E-state index in [-0.39, 0.29) is 0 Å². The molecule has 1 aromatic rings. The van der Waals surface area contributed by atoms with Gasteiger partial charge >= 0.3 is 0 Å². The summed E-state index contributed by atoms with van der Waals surface area (Å²) in [7, 11) is 0. The number of carbonyl (C=O) groups excluding carboxylic acids is 1. The van der Waals surface area contributed by atoms with Gasteiger partial charge in [0.25, 0.3) is 0 Å². The first-order chi connectivity index (χ1) is 6.33. The number of hydrogen-bond donors (Lipinski definition) is 1. The third kappa shape index (κ3) is 1.41. The average Bonchev–Trinajstić information content (AvgIpc) is 2.19. The van der Waals surface area contributed by atoms with Gasteiger partial charge < -0.3 is 5.11 Å². The number of aliphatic hydroxyl groups is 1. The first-order valence-corrected chi connectivity index (χ1v) is 4.73. The van der Waals surface area contributed by atoms with Crippen LogP contribution >= 0.6 is 11.8 Å². The van der Waals surface area contributed by atoms with Crippen molar-refractivity contribution in [2.45, 2.75) is 11.0 Å². The lowest BCUT2D eigenvalue weighted by atomic mass is 10.0. The SMILES string of the molecule is O=[C]C1=CSc2ccccc2C1O. The van der Waals surface area contributed by atoms with Crippen LogP contribution in [0.4, 0.5) is 0 Å². The number of aliphatic hydroxyl groups excluding tert-OH is 1. The molecule has 2 nitrogen and oxygen atoms in total. The highest BCUT2D eigenvalue weighted by atomic mass is 32.2. The fraction of sp³-hybridized carbons (Fsp3) is 0.100. The van der Waals surface area contributed by atoms with Gasteiger partial charge in [-0.2, -0.15) is 0 Å². The molecule has 13 heavy (non-hydrogen) atoms. The van der Waals surface area contributed by atoms with Gasteiger partial charge in [-0.05, 0) is 17.0 Å². The topological polar surface area (TPSA) is 37.3 Å². The van der Waals surface area contributed by atoms with E-state index in [0.717, 1.165) is 10.5 Å². The Morgan fingerprint density at radius 3 is 2.92 bits per heavy atom. The molecule has 0 saturated heterocycles. The first-order valence-electron chi connectivity index (χ1n) is 3.85. The highest BCUT2D eigenvalue weighted by Crippen LogP contribution is 2.37. The van der Waals surface area contributed by atoms with Crippen LogP contribution in [0.5, 0.6) is 0 Å². The molecule has 1 atom stereocenters. The van der Waals surface area contributed by atoms with Crippen LogP contribution in [0.1, 0.15) is 11.7 Å². The minimum Gasteiger partial charge on any atom is -0.383 e. The second-order valence-electron chi connectivity index (χ2n) is 2.73. The van der Waals surface area contributed by atoms with Crippen LogP contribution in [0.3, 0.4) is 0 Å². The normalized spacial score (nSPS) is 20.4. The van der Waals surface area contributed by atoms with Crippen molar-refractivity contribution in [3.05, 3.63) is 40.8 Å². The summed E-state index contributed by atoms with van der Waals surface area (Å²) in [6, 6.07) is 7.48. The number of hydrogen-bond acceptors (Lipinski definition) is 3. The summed E-state index contributed by atoms with van der Waals surface area (Å²) in [6.07, 6.45) is 0.925. The maximum atomic E-state index is 10.4. The van der Waals surface area contributed by atoms with Crippen molar-refractivity contribution in [3.8, 4) is 0 Å². The zero-order chi connectivity index (χ0) is 9.26. The van der Waals surface area contributed by atoms with E-state index in [9.17, 15) is 9.90 Å². The Balaban J connectivity index is 2.46. The molecule has 1 aromatic carbocycles. The summed E-state index contributed by atoms with van der Waals surface area (Å²) in [6.45, 7) is 0. The Hall–Kier alpha value is -1.06. The smallest absolute Gasteiger partial charge is 0.232 e. The van der Waals surface area contributed by atoms with Crippen LogP contribution in [0.2, 0.25) is 0 Å². The van der Waals surface area contributed by atoms with Gasteiger partial charge in [-0.3, -0.25) is 4.79 Å². The molecule has 0 fully saturated rings. The lowest BCUT2D eigenvalue weighted by molar-refractivity contribution is 0.218. The Morgan fingerprint density at radius 1 is 1.38 bits per heavy atom. The highest BCUT2D eigenvalue weighted by molar-refractivity contribution is 8.02. The maximum Gasteiger partial charge on any atom is 0.232 e. The van der Waals surface area contributed by atoms with Crippen molar-refractivity contribution < 1.29 is 9.90 Å². The van der Waals surface area contributed by atoms with E-state index >= 15 is 0 Å². The van der Waals surface area contributed by atoms with Gasteiger partial charge in [0, 0.05) is 10.5 Å². The Bertz CT molecular complexity index is 371. The summed E-state index contributed by atoms with van der Waals surface area (Å²) in [5.41, 5.74) is 1.09. The van der Waals surface area contributed by atoms with Crippen LogP contribution in [0, 0.1) is 0 Å². The first kappa shape index (κ1) is 8.53. The molecule has 0 amide bonds. The largest absolute Gasteiger partial charge is 0.383 e. The van der Waals surface area contributed by atoms with Crippen LogP contribution in [0.15, 0.2) is 40.1 Å². The fourth-order valence-electron chi connectivity index (χ4n) is 1.25. The van der Waals surface area contributed by atoms with Crippen molar-refractivity contribution in [2.24, 2.45) is 0 Å². The lowest BCUT2D eigenvalue weighted by Gasteiger charge is -2.18. The quantitative estimate of drug-likeness (QED) is 0.735. The van der Waals surface area contributed by atoms with Crippen molar-refractivity contribution >= 4 is 18.0 Å². The van der Waals surface area contributed by atoms with Crippen molar-refractivity contribution in [2.75, 3.05) is 0 Å². The van der Waals surface area contributed by atoms with Crippen molar-refractivity contribution in [3.63, 3.8) is 0 Å². The molecule has 0 aromatic heterocycles. The van der Waals surface area contributed by atoms with Crippen LogP contribution in [0.25, 0.3) is 0 Å². The number of thioether (sulfide) groups is 1. The zero-order valence-corrected chi connectivity index (χ0v) is 7.54. The molecule has 0 saturated carbocycles. The van der Waals surface area contributed by atoms with Crippen molar-refractivity contribution in [1.29, 1.82) is 0 Å². The van der Waals surface area contributed by atoms with E-state index in [1.54, 1.807) is 11.7 Å². The maximum absolute atomic E-state index is 10.4. The predicted octanol–water partition coefficient (Wildman–Crippen LogP) is 1.82. The molecular formula is C10H7O2S. The van der Waals surface area contributed by atoms with Gasteiger partial charge in [-0.1, -0.05) is 30.0 Å². The van der Waals surface area contributed by atoms with Crippen molar-refractivity contribution in [1.82, 2.24) is 0 Å². The van der Waals surface area contributed by atoms with E-state index in [2.05, 4.69) is 0 Å². The molecule has 0 spiro atoms. The lowest BCUT2D eigenvalue weighted by Crippen LogP contribution is -2.06. The minimum atomic E-state index is -0.810. The number of fused-ring (bicyclic) bond motifs is 1. The molecule has 2 rings (SSSR count). The summed E-state index contributed by atoms with van der Waals surface area (Å²) < 4.78 is 0. The Labute approximate surface area is 80.3 Å². The van der Waals surface area contributed by atoms with E-state index in [1.165, 1.54) is 11.8 Å². The fourth-order valence-corrected chi connectivity index (χ4v) is 2.16. The van der Waals surface area contributed by atoms with E-state index in [1.807, 2.05) is 24.3 Å². The molecule has 3 heteroatoms. The highest BCUT2D eigenvalue weighted by Gasteiger charge is 2.20. The molecule has 1 aliphatic rings. The molecule has 65 valence electrons. The Kier molecular flexibility index (Phi) is 2.20. The number of benzene rings is 1. The van der Waals surface area contributed by atoms with Crippen LogP contribution in [-0.4, -0.2) is 11.4 Å². The van der Waals surface area contributed by atoms with Crippen LogP contribution < -0.4 is 0 Å². The number of rotatable bonds is 1. The molecule has 1 heterocycles. The second kappa shape index (κ2) is 3.36.